The van der Waals surface area contributed by atoms with Crippen LogP contribution in [0.1, 0.15) is 134 Å². The van der Waals surface area contributed by atoms with Crippen LogP contribution in [0, 0.1) is 51.2 Å². The molecule has 5 heteroatoms. The van der Waals surface area contributed by atoms with Crippen molar-refractivity contribution in [1.82, 2.24) is 15.5 Å². The second-order valence-electron chi connectivity index (χ2n) is 20.7. The number of benzene rings is 2. The first-order valence-corrected chi connectivity index (χ1v) is 22.2. The molecule has 2 aromatic rings. The Hall–Kier alpha value is -2.73. The average molecular weight is 746 g/mol. The van der Waals surface area contributed by atoms with Crippen LogP contribution in [0.2, 0.25) is 0 Å². The maximum atomic E-state index is 11.6. The molecule has 4 saturated carbocycles. The summed E-state index contributed by atoms with van der Waals surface area (Å²) in [4.78, 5) is 14.3. The Kier molecular flexibility index (Phi) is 10.4. The highest BCUT2D eigenvalue weighted by molar-refractivity contribution is 5.88. The van der Waals surface area contributed by atoms with Crippen LogP contribution in [-0.4, -0.2) is 53.7 Å². The molecule has 298 valence electrons. The van der Waals surface area contributed by atoms with E-state index in [2.05, 4.69) is 100 Å². The lowest BCUT2D eigenvalue weighted by Gasteiger charge is -2.72. The summed E-state index contributed by atoms with van der Waals surface area (Å²) >= 11 is 0. The highest BCUT2D eigenvalue weighted by Gasteiger charge is 2.70. The third kappa shape index (κ3) is 6.42. The molecule has 0 aromatic heterocycles. The summed E-state index contributed by atoms with van der Waals surface area (Å²) in [5.41, 5.74) is 6.98. The number of fused-ring (bicyclic) bond motifs is 7. The summed E-state index contributed by atoms with van der Waals surface area (Å²) in [5.74, 6) is 2.48. The van der Waals surface area contributed by atoms with Crippen molar-refractivity contribution in [2.45, 2.75) is 130 Å². The van der Waals surface area contributed by atoms with E-state index < -0.39 is 5.97 Å². The van der Waals surface area contributed by atoms with E-state index in [1.54, 1.807) is 12.1 Å². The monoisotopic (exact) mass is 746 g/mol. The molecular formula is C50H71N3O2. The maximum absolute atomic E-state index is 11.6. The van der Waals surface area contributed by atoms with E-state index in [1.165, 1.54) is 93.0 Å². The number of nitrogens with one attached hydrogen (secondary N) is 2. The van der Waals surface area contributed by atoms with E-state index in [1.807, 2.05) is 12.1 Å². The molecule has 0 bridgehead atoms. The Bertz CT molecular complexity index is 1770. The first kappa shape index (κ1) is 39.1. The summed E-state index contributed by atoms with van der Waals surface area (Å²) in [6.45, 7) is 25.6. The zero-order valence-electron chi connectivity index (χ0n) is 35.1. The number of rotatable bonds is 11. The Morgan fingerprint density at radius 2 is 1.62 bits per heavy atom. The molecule has 0 radical (unpaired) electrons. The summed E-state index contributed by atoms with van der Waals surface area (Å²) in [7, 11) is 0. The maximum Gasteiger partial charge on any atom is 0.335 e. The van der Waals surface area contributed by atoms with Gasteiger partial charge in [-0.15, -0.1) is 0 Å². The van der Waals surface area contributed by atoms with Gasteiger partial charge in [0, 0.05) is 37.8 Å². The van der Waals surface area contributed by atoms with E-state index in [-0.39, 0.29) is 16.4 Å². The number of hydrogen-bond donors (Lipinski definition) is 3. The van der Waals surface area contributed by atoms with Crippen LogP contribution >= 0.6 is 0 Å². The molecule has 8 rings (SSSR count). The zero-order chi connectivity index (χ0) is 38.8. The fourth-order valence-electron chi connectivity index (χ4n) is 15.2. The van der Waals surface area contributed by atoms with Gasteiger partial charge in [-0.25, -0.2) is 4.79 Å². The van der Waals surface area contributed by atoms with Gasteiger partial charge in [-0.05, 0) is 164 Å². The van der Waals surface area contributed by atoms with Crippen molar-refractivity contribution in [2.24, 2.45) is 51.2 Å². The minimum Gasteiger partial charge on any atom is -0.478 e. The molecule has 2 aromatic carbocycles. The normalized spacial score (nSPS) is 39.3. The van der Waals surface area contributed by atoms with Crippen molar-refractivity contribution < 1.29 is 9.90 Å². The Labute approximate surface area is 333 Å². The molecule has 0 unspecified atom stereocenters. The van der Waals surface area contributed by atoms with Crippen molar-refractivity contribution in [2.75, 3.05) is 26.2 Å². The second kappa shape index (κ2) is 14.6. The third-order valence-corrected chi connectivity index (χ3v) is 18.0. The molecule has 5 fully saturated rings. The Morgan fingerprint density at radius 3 is 2.35 bits per heavy atom. The number of aromatic carboxylic acids is 1. The van der Waals surface area contributed by atoms with Crippen LogP contribution in [0.4, 0.5) is 0 Å². The zero-order valence-corrected chi connectivity index (χ0v) is 35.1. The lowest BCUT2D eigenvalue weighted by molar-refractivity contribution is -0.219. The van der Waals surface area contributed by atoms with Gasteiger partial charge in [0.05, 0.1) is 5.56 Å². The molecule has 0 spiro atoms. The highest BCUT2D eigenvalue weighted by Crippen LogP contribution is 2.76. The lowest BCUT2D eigenvalue weighted by Crippen LogP contribution is -2.68. The fourth-order valence-corrected chi connectivity index (χ4v) is 15.2. The van der Waals surface area contributed by atoms with Gasteiger partial charge < -0.3 is 15.7 Å². The molecule has 0 amide bonds. The number of carboxylic acid groups (broad SMARTS) is 1. The SMILES string of the molecule is C=C(C)[C@@H]1CC[C@]2(NCCNC[C@@H]3CCCN3Cc3ccccc3)CC[C@]3(C)[C@H](CC[C@@H]4[C@@]5(C)CC=C(c6ccc(C(=O)O)cc6)C(C)(C)[C@@H]5CC[C@]43C)[C@@H]12. The molecule has 1 aliphatic heterocycles. The molecule has 3 N–H and O–H groups in total. The van der Waals surface area contributed by atoms with Crippen LogP contribution in [0.5, 0.6) is 0 Å². The number of carbonyl (C=O) groups is 1. The van der Waals surface area contributed by atoms with Crippen molar-refractivity contribution in [1.29, 1.82) is 0 Å². The number of allylic oxidation sites excluding steroid dienone is 3. The standard InChI is InChI=1S/C50H71N3O2/c1-34(2)39-21-26-50(52-30-29-51-32-38-14-11-31-53(38)33-35-12-9-8-10-13-35)28-27-48(6)41(44(39)50)19-20-43-47(5)24-22-40(36-15-17-37(18-16-36)45(54)55)46(3,4)42(47)23-25-49(43,48)7/h8-10,12-13,15-18,22,38-39,41-44,51-52H,1,11,14,19-21,23-33H2,2-7H3,(H,54,55)/t38-,39-,41+,42-,43+,44+,47-,48+,49+,50-/m0/s1. The number of nitrogens with zero attached hydrogens (tertiary/aromatic N) is 1. The molecule has 10 atom stereocenters. The second-order valence-corrected chi connectivity index (χ2v) is 20.7. The van der Waals surface area contributed by atoms with Gasteiger partial charge in [0.1, 0.15) is 0 Å². The van der Waals surface area contributed by atoms with Crippen molar-refractivity contribution in [3.05, 3.63) is 89.5 Å². The molecule has 1 saturated heterocycles. The molecule has 55 heavy (non-hydrogen) atoms. The van der Waals surface area contributed by atoms with Crippen molar-refractivity contribution in [3.63, 3.8) is 0 Å². The molecule has 1 heterocycles. The van der Waals surface area contributed by atoms with Crippen LogP contribution in [0.25, 0.3) is 5.57 Å². The topological polar surface area (TPSA) is 64.6 Å². The third-order valence-electron chi connectivity index (χ3n) is 18.0. The van der Waals surface area contributed by atoms with Gasteiger partial charge in [-0.3, -0.25) is 4.90 Å². The number of carboxylic acids is 1. The number of hydrogen-bond acceptors (Lipinski definition) is 4. The van der Waals surface area contributed by atoms with E-state index in [9.17, 15) is 9.90 Å². The fraction of sp³-hybridized carbons (Fsp3) is 0.660. The Morgan fingerprint density at radius 1 is 0.855 bits per heavy atom. The molecular weight excluding hydrogens is 675 g/mol. The summed E-state index contributed by atoms with van der Waals surface area (Å²) in [5, 5.41) is 17.8. The predicted molar refractivity (Wildman–Crippen MR) is 227 cm³/mol. The number of likely N-dealkylation sites (tertiary alicyclic amines) is 1. The van der Waals surface area contributed by atoms with E-state index in [4.69, 9.17) is 0 Å². The van der Waals surface area contributed by atoms with Crippen molar-refractivity contribution >= 4 is 11.5 Å². The van der Waals surface area contributed by atoms with Gasteiger partial charge >= 0.3 is 5.97 Å². The van der Waals surface area contributed by atoms with Crippen LogP contribution in [0.15, 0.2) is 72.8 Å². The molecule has 5 aliphatic carbocycles. The van der Waals surface area contributed by atoms with E-state index in [0.29, 0.717) is 46.1 Å². The largest absolute Gasteiger partial charge is 0.478 e. The summed E-state index contributed by atoms with van der Waals surface area (Å²) < 4.78 is 0. The molecule has 5 nitrogen and oxygen atoms in total. The molecule has 6 aliphatic rings. The van der Waals surface area contributed by atoms with Gasteiger partial charge in [0.15, 0.2) is 0 Å². The minimum absolute atomic E-state index is 0.0327. The highest BCUT2D eigenvalue weighted by atomic mass is 16.4. The van der Waals surface area contributed by atoms with E-state index in [0.717, 1.165) is 38.5 Å². The predicted octanol–water partition coefficient (Wildman–Crippen LogP) is 10.6. The van der Waals surface area contributed by atoms with Crippen molar-refractivity contribution in [3.8, 4) is 0 Å². The van der Waals surface area contributed by atoms with Gasteiger partial charge in [0.2, 0.25) is 0 Å². The lowest BCUT2D eigenvalue weighted by atomic mass is 9.33. The summed E-state index contributed by atoms with van der Waals surface area (Å²) in [6, 6.07) is 19.3. The Balaban J connectivity index is 0.971. The van der Waals surface area contributed by atoms with Gasteiger partial charge in [-0.1, -0.05) is 95.3 Å². The van der Waals surface area contributed by atoms with Gasteiger partial charge in [0.25, 0.3) is 0 Å². The van der Waals surface area contributed by atoms with Crippen LogP contribution in [0.3, 0.4) is 0 Å². The minimum atomic E-state index is -0.854. The van der Waals surface area contributed by atoms with Gasteiger partial charge in [-0.2, -0.15) is 0 Å². The summed E-state index contributed by atoms with van der Waals surface area (Å²) in [6.07, 6.45) is 16.8. The first-order chi connectivity index (χ1) is 26.2. The first-order valence-electron chi connectivity index (χ1n) is 22.2. The van der Waals surface area contributed by atoms with Crippen LogP contribution < -0.4 is 10.6 Å². The smallest absolute Gasteiger partial charge is 0.335 e. The van der Waals surface area contributed by atoms with Crippen LogP contribution in [-0.2, 0) is 6.54 Å². The van der Waals surface area contributed by atoms with E-state index >= 15 is 0 Å². The quantitative estimate of drug-likeness (QED) is 0.158. The average Bonchev–Trinajstić information content (AvgIpc) is 3.76.